The normalized spacial score (nSPS) is 11.2. The number of aryl methyl sites for hydroxylation is 1. The molecule has 7 heteroatoms. The van der Waals surface area contributed by atoms with Gasteiger partial charge in [0, 0.05) is 24.9 Å². The van der Waals surface area contributed by atoms with E-state index in [-0.39, 0.29) is 11.5 Å². The predicted molar refractivity (Wildman–Crippen MR) is 95.6 cm³/mol. The maximum atomic E-state index is 12.6. The van der Waals surface area contributed by atoms with Crippen LogP contribution in [0, 0.1) is 5.92 Å². The van der Waals surface area contributed by atoms with Crippen LogP contribution in [0.1, 0.15) is 29.2 Å². The molecule has 3 rings (SSSR count). The van der Waals surface area contributed by atoms with Gasteiger partial charge in [-0.05, 0) is 12.0 Å². The molecule has 0 unspecified atom stereocenters. The zero-order chi connectivity index (χ0) is 17.3. The van der Waals surface area contributed by atoms with Crippen LogP contribution in [0.5, 0.6) is 0 Å². The van der Waals surface area contributed by atoms with Crippen LogP contribution in [0.3, 0.4) is 0 Å². The van der Waals surface area contributed by atoms with Crippen molar-refractivity contribution >= 4 is 33.3 Å². The van der Waals surface area contributed by atoms with Crippen molar-refractivity contribution in [3.05, 3.63) is 51.3 Å². The molecule has 24 heavy (non-hydrogen) atoms. The van der Waals surface area contributed by atoms with Crippen molar-refractivity contribution in [3.8, 4) is 0 Å². The number of fused-ring (bicyclic) bond motifs is 1. The highest BCUT2D eigenvalue weighted by molar-refractivity contribution is 7.15. The van der Waals surface area contributed by atoms with Crippen LogP contribution < -0.4 is 10.9 Å². The van der Waals surface area contributed by atoms with Gasteiger partial charge in [0.15, 0.2) is 0 Å². The molecule has 1 N–H and O–H groups in total. The molecular weight excluding hydrogens is 324 g/mol. The summed E-state index contributed by atoms with van der Waals surface area (Å²) in [6.45, 7) is 4.21. The molecule has 0 atom stereocenters. The number of anilines is 1. The standard InChI is InChI=1S/C17H18N4O2S/c1-10(2)8-14-19-20-17(24-14)18-16(23)12-9-15(22)21(3)13-7-5-4-6-11(12)13/h4-7,9-10H,8H2,1-3H3,(H,18,20,23). The number of nitrogens with zero attached hydrogens (tertiary/aromatic N) is 3. The lowest BCUT2D eigenvalue weighted by molar-refractivity contribution is 0.102. The van der Waals surface area contributed by atoms with Crippen molar-refractivity contribution in [1.82, 2.24) is 14.8 Å². The van der Waals surface area contributed by atoms with Gasteiger partial charge >= 0.3 is 0 Å². The Morgan fingerprint density at radius 3 is 2.79 bits per heavy atom. The molecule has 2 heterocycles. The van der Waals surface area contributed by atoms with Crippen molar-refractivity contribution in [2.75, 3.05) is 5.32 Å². The van der Waals surface area contributed by atoms with E-state index in [1.54, 1.807) is 7.05 Å². The zero-order valence-electron chi connectivity index (χ0n) is 13.7. The van der Waals surface area contributed by atoms with Gasteiger partial charge in [0.05, 0.1) is 11.1 Å². The van der Waals surface area contributed by atoms with Crippen LogP contribution >= 0.6 is 11.3 Å². The Labute approximate surface area is 143 Å². The fourth-order valence-corrected chi connectivity index (χ4v) is 3.45. The van der Waals surface area contributed by atoms with Crippen LogP contribution in [0.4, 0.5) is 5.13 Å². The van der Waals surface area contributed by atoms with Gasteiger partial charge in [-0.1, -0.05) is 43.4 Å². The highest BCUT2D eigenvalue weighted by Gasteiger charge is 2.15. The monoisotopic (exact) mass is 342 g/mol. The summed E-state index contributed by atoms with van der Waals surface area (Å²) in [4.78, 5) is 24.7. The number of hydrogen-bond acceptors (Lipinski definition) is 5. The minimum atomic E-state index is -0.351. The highest BCUT2D eigenvalue weighted by Crippen LogP contribution is 2.21. The first-order chi connectivity index (χ1) is 11.5. The van der Waals surface area contributed by atoms with Gasteiger partial charge in [-0.15, -0.1) is 10.2 Å². The lowest BCUT2D eigenvalue weighted by Crippen LogP contribution is -2.21. The smallest absolute Gasteiger partial charge is 0.258 e. The number of carbonyl (C=O) groups excluding carboxylic acids is 1. The summed E-state index contributed by atoms with van der Waals surface area (Å²) < 4.78 is 1.53. The number of aromatic nitrogens is 3. The summed E-state index contributed by atoms with van der Waals surface area (Å²) in [6, 6.07) is 8.68. The number of benzene rings is 1. The number of rotatable bonds is 4. The summed E-state index contributed by atoms with van der Waals surface area (Å²) in [5, 5.41) is 12.9. The van der Waals surface area contributed by atoms with Crippen molar-refractivity contribution in [3.63, 3.8) is 0 Å². The van der Waals surface area contributed by atoms with Gasteiger partial charge in [-0.2, -0.15) is 0 Å². The van der Waals surface area contributed by atoms with Gasteiger partial charge in [0.2, 0.25) is 5.13 Å². The van der Waals surface area contributed by atoms with Gasteiger partial charge in [0.1, 0.15) is 5.01 Å². The summed E-state index contributed by atoms with van der Waals surface area (Å²) >= 11 is 1.36. The van der Waals surface area contributed by atoms with E-state index in [2.05, 4.69) is 29.4 Å². The third-order valence-electron chi connectivity index (χ3n) is 3.67. The second-order valence-electron chi connectivity index (χ2n) is 6.03. The molecule has 2 aromatic heterocycles. The Balaban J connectivity index is 1.93. The summed E-state index contributed by atoms with van der Waals surface area (Å²) in [5.74, 6) is 0.124. The van der Waals surface area contributed by atoms with Crippen molar-refractivity contribution in [2.24, 2.45) is 13.0 Å². The van der Waals surface area contributed by atoms with E-state index in [0.717, 1.165) is 16.8 Å². The first kappa shape index (κ1) is 16.3. The average Bonchev–Trinajstić information content (AvgIpc) is 2.97. The SMILES string of the molecule is CC(C)Cc1nnc(NC(=O)c2cc(=O)n(C)c3ccccc23)s1. The fraction of sp³-hybridized carbons (Fsp3) is 0.294. The molecule has 0 saturated carbocycles. The van der Waals surface area contributed by atoms with Crippen molar-refractivity contribution < 1.29 is 4.79 Å². The molecule has 0 radical (unpaired) electrons. The molecule has 1 amide bonds. The molecule has 0 bridgehead atoms. The Morgan fingerprint density at radius 2 is 2.04 bits per heavy atom. The van der Waals surface area contributed by atoms with E-state index in [9.17, 15) is 9.59 Å². The third kappa shape index (κ3) is 3.21. The van der Waals surface area contributed by atoms with Gasteiger partial charge in [-0.3, -0.25) is 14.9 Å². The van der Waals surface area contributed by atoms with E-state index in [1.165, 1.54) is 22.0 Å². The molecule has 0 aliphatic carbocycles. The quantitative estimate of drug-likeness (QED) is 0.791. The van der Waals surface area contributed by atoms with Gasteiger partial charge < -0.3 is 4.57 Å². The fourth-order valence-electron chi connectivity index (χ4n) is 2.50. The Kier molecular flexibility index (Phi) is 4.44. The molecule has 6 nitrogen and oxygen atoms in total. The first-order valence-electron chi connectivity index (χ1n) is 7.68. The number of pyridine rings is 1. The number of carbonyl (C=O) groups is 1. The van der Waals surface area contributed by atoms with Crippen LogP contribution in [0.15, 0.2) is 35.1 Å². The Morgan fingerprint density at radius 1 is 1.29 bits per heavy atom. The minimum absolute atomic E-state index is 0.225. The van der Waals surface area contributed by atoms with Crippen LogP contribution in [-0.4, -0.2) is 20.7 Å². The van der Waals surface area contributed by atoms with Gasteiger partial charge in [0.25, 0.3) is 11.5 Å². The highest BCUT2D eigenvalue weighted by atomic mass is 32.1. The lowest BCUT2D eigenvalue weighted by Gasteiger charge is -2.09. The molecule has 1 aromatic carbocycles. The van der Waals surface area contributed by atoms with E-state index in [0.29, 0.717) is 22.1 Å². The lowest BCUT2D eigenvalue weighted by atomic mass is 10.1. The van der Waals surface area contributed by atoms with Crippen LogP contribution in [0.2, 0.25) is 0 Å². The molecule has 0 saturated heterocycles. The second kappa shape index (κ2) is 6.52. The number of hydrogen-bond donors (Lipinski definition) is 1. The molecule has 0 fully saturated rings. The molecule has 124 valence electrons. The molecule has 0 spiro atoms. The summed E-state index contributed by atoms with van der Waals surface area (Å²) in [5.41, 5.74) is 0.832. The van der Waals surface area contributed by atoms with E-state index < -0.39 is 0 Å². The Bertz CT molecular complexity index is 959. The minimum Gasteiger partial charge on any atom is -0.311 e. The molecule has 0 aliphatic heterocycles. The maximum Gasteiger partial charge on any atom is 0.258 e. The number of para-hydroxylation sites is 1. The topological polar surface area (TPSA) is 76.9 Å². The zero-order valence-corrected chi connectivity index (χ0v) is 14.6. The molecule has 3 aromatic rings. The van der Waals surface area contributed by atoms with Crippen LogP contribution in [-0.2, 0) is 13.5 Å². The van der Waals surface area contributed by atoms with E-state index >= 15 is 0 Å². The molecular formula is C17H18N4O2S. The summed E-state index contributed by atoms with van der Waals surface area (Å²) in [6.07, 6.45) is 0.822. The predicted octanol–water partition coefficient (Wildman–Crippen LogP) is 2.84. The Hall–Kier alpha value is -2.54. The van der Waals surface area contributed by atoms with Crippen LogP contribution in [0.25, 0.3) is 10.9 Å². The van der Waals surface area contributed by atoms with Crippen molar-refractivity contribution in [2.45, 2.75) is 20.3 Å². The first-order valence-corrected chi connectivity index (χ1v) is 8.50. The van der Waals surface area contributed by atoms with Crippen molar-refractivity contribution in [1.29, 1.82) is 0 Å². The molecule has 0 aliphatic rings. The number of amides is 1. The summed E-state index contributed by atoms with van der Waals surface area (Å²) in [7, 11) is 1.69. The number of nitrogens with one attached hydrogen (secondary N) is 1. The maximum absolute atomic E-state index is 12.6. The largest absolute Gasteiger partial charge is 0.311 e. The second-order valence-corrected chi connectivity index (χ2v) is 7.09. The van der Waals surface area contributed by atoms with Gasteiger partial charge in [-0.25, -0.2) is 0 Å². The third-order valence-corrected chi connectivity index (χ3v) is 4.53. The average molecular weight is 342 g/mol. The van der Waals surface area contributed by atoms with E-state index in [1.807, 2.05) is 24.3 Å². The van der Waals surface area contributed by atoms with E-state index in [4.69, 9.17) is 0 Å².